The molecule has 0 aliphatic heterocycles. The molecule has 0 aromatic heterocycles. The predicted octanol–water partition coefficient (Wildman–Crippen LogP) is 4.76. The number of carbonyl (C=O) groups is 1. The molecular formula is C23H21Cl3N2O5S. The third-order valence-corrected chi connectivity index (χ3v) is 7.34. The third kappa shape index (κ3) is 5.59. The minimum Gasteiger partial charge on any atom is -0.493 e. The fourth-order valence-corrected chi connectivity index (χ4v) is 5.08. The van der Waals surface area contributed by atoms with E-state index in [1.165, 1.54) is 36.7 Å². The molecule has 0 bridgehead atoms. The summed E-state index contributed by atoms with van der Waals surface area (Å²) < 4.78 is 25.4. The van der Waals surface area contributed by atoms with Gasteiger partial charge >= 0.3 is 0 Å². The SMILES string of the molecule is COc1ccc(S(=O)N(CC(N)=O)c2cc(Cl)c(Cl)cc2C(O)c2ccccc2Cl)cc1OC. The van der Waals surface area contributed by atoms with Crippen LogP contribution in [0.15, 0.2) is 59.5 Å². The van der Waals surface area contributed by atoms with E-state index in [0.717, 1.165) is 0 Å². The number of primary amides is 1. The van der Waals surface area contributed by atoms with Crippen molar-refractivity contribution in [3.05, 3.63) is 80.8 Å². The molecule has 7 nitrogen and oxygen atoms in total. The standard InChI is InChI=1S/C23H21Cl3N2O5S/c1-32-20-8-7-13(9-21(20)33-2)34(31)28(12-22(27)29)19-11-18(26)17(25)10-15(19)23(30)14-5-3-4-6-16(14)24/h3-11,23,30H,12H2,1-2H3,(H2,27,29). The second kappa shape index (κ2) is 11.3. The Labute approximate surface area is 214 Å². The van der Waals surface area contributed by atoms with Crippen LogP contribution in [0.2, 0.25) is 15.1 Å². The number of hydrogen-bond donors (Lipinski definition) is 2. The first-order valence-electron chi connectivity index (χ1n) is 9.79. The van der Waals surface area contributed by atoms with E-state index >= 15 is 0 Å². The molecule has 0 saturated heterocycles. The van der Waals surface area contributed by atoms with E-state index in [1.807, 2.05) is 0 Å². The van der Waals surface area contributed by atoms with Crippen molar-refractivity contribution < 1.29 is 23.6 Å². The van der Waals surface area contributed by atoms with Crippen molar-refractivity contribution in [1.82, 2.24) is 0 Å². The Morgan fingerprint density at radius 2 is 1.62 bits per heavy atom. The topological polar surface area (TPSA) is 102 Å². The van der Waals surface area contributed by atoms with Gasteiger partial charge in [0.05, 0.1) is 34.8 Å². The molecule has 0 heterocycles. The number of ether oxygens (including phenoxy) is 2. The molecule has 0 saturated carbocycles. The molecule has 3 aromatic carbocycles. The highest BCUT2D eigenvalue weighted by atomic mass is 35.5. The summed E-state index contributed by atoms with van der Waals surface area (Å²) in [6.07, 6.45) is -1.27. The first-order valence-corrected chi connectivity index (χ1v) is 12.0. The average molecular weight is 544 g/mol. The maximum atomic E-state index is 13.7. The fourth-order valence-electron chi connectivity index (χ4n) is 3.28. The maximum Gasteiger partial charge on any atom is 0.238 e. The van der Waals surface area contributed by atoms with Crippen molar-refractivity contribution >= 4 is 57.4 Å². The number of aliphatic hydroxyl groups excluding tert-OH is 1. The van der Waals surface area contributed by atoms with Crippen LogP contribution in [-0.4, -0.2) is 36.0 Å². The quantitative estimate of drug-likeness (QED) is 0.405. The Morgan fingerprint density at radius 1 is 0.971 bits per heavy atom. The van der Waals surface area contributed by atoms with Gasteiger partial charge in [-0.2, -0.15) is 0 Å². The van der Waals surface area contributed by atoms with E-state index in [9.17, 15) is 14.1 Å². The zero-order valence-electron chi connectivity index (χ0n) is 18.1. The molecule has 3 N–H and O–H groups in total. The normalized spacial score (nSPS) is 12.6. The summed E-state index contributed by atoms with van der Waals surface area (Å²) in [4.78, 5) is 12.3. The molecule has 0 spiro atoms. The Hall–Kier alpha value is -2.49. The average Bonchev–Trinajstić information content (AvgIpc) is 2.82. The molecule has 0 fully saturated rings. The molecule has 180 valence electrons. The van der Waals surface area contributed by atoms with Gasteiger partial charge in [0.25, 0.3) is 0 Å². The van der Waals surface area contributed by atoms with Crippen molar-refractivity contribution in [2.45, 2.75) is 11.0 Å². The van der Waals surface area contributed by atoms with Gasteiger partial charge in [-0.25, -0.2) is 4.21 Å². The molecule has 0 aliphatic rings. The summed E-state index contributed by atoms with van der Waals surface area (Å²) in [7, 11) is 0.958. The molecule has 2 unspecified atom stereocenters. The molecule has 3 aromatic rings. The lowest BCUT2D eigenvalue weighted by Gasteiger charge is -2.27. The predicted molar refractivity (Wildman–Crippen MR) is 134 cm³/mol. The van der Waals surface area contributed by atoms with Gasteiger partial charge < -0.3 is 20.3 Å². The third-order valence-electron chi connectivity index (χ3n) is 4.89. The maximum absolute atomic E-state index is 13.7. The van der Waals surface area contributed by atoms with Gasteiger partial charge in [-0.15, -0.1) is 0 Å². The Kier molecular flexibility index (Phi) is 8.67. The lowest BCUT2D eigenvalue weighted by molar-refractivity contribution is -0.116. The number of nitrogens with zero attached hydrogens (tertiary/aromatic N) is 1. The van der Waals surface area contributed by atoms with E-state index in [4.69, 9.17) is 50.0 Å². The number of rotatable bonds is 9. The summed E-state index contributed by atoms with van der Waals surface area (Å²) in [5.74, 6) is 0.0324. The molecule has 3 rings (SSSR count). The number of halogens is 3. The van der Waals surface area contributed by atoms with Gasteiger partial charge in [0, 0.05) is 22.2 Å². The summed E-state index contributed by atoms with van der Waals surface area (Å²) in [6.45, 7) is -0.443. The highest BCUT2D eigenvalue weighted by molar-refractivity contribution is 7.86. The molecule has 11 heteroatoms. The first kappa shape index (κ1) is 26.1. The number of amides is 1. The van der Waals surface area contributed by atoms with Gasteiger partial charge in [0.2, 0.25) is 5.91 Å². The first-order chi connectivity index (χ1) is 16.2. The smallest absolute Gasteiger partial charge is 0.238 e. The summed E-state index contributed by atoms with van der Waals surface area (Å²) in [5, 5.41) is 11.8. The summed E-state index contributed by atoms with van der Waals surface area (Å²) in [5.41, 5.74) is 6.29. The van der Waals surface area contributed by atoms with Crippen LogP contribution >= 0.6 is 34.8 Å². The van der Waals surface area contributed by atoms with Crippen molar-refractivity contribution in [2.24, 2.45) is 5.73 Å². The highest BCUT2D eigenvalue weighted by Gasteiger charge is 2.27. The molecule has 0 aliphatic carbocycles. The monoisotopic (exact) mass is 542 g/mol. The number of anilines is 1. The van der Waals surface area contributed by atoms with Crippen LogP contribution in [0.5, 0.6) is 11.5 Å². The van der Waals surface area contributed by atoms with Crippen molar-refractivity contribution in [3.63, 3.8) is 0 Å². The van der Waals surface area contributed by atoms with Gasteiger partial charge in [-0.05, 0) is 30.3 Å². The molecule has 1 amide bonds. The van der Waals surface area contributed by atoms with E-state index in [2.05, 4.69) is 0 Å². The zero-order chi connectivity index (χ0) is 25.0. The van der Waals surface area contributed by atoms with Crippen LogP contribution in [0, 0.1) is 0 Å². The van der Waals surface area contributed by atoms with Crippen molar-refractivity contribution in [3.8, 4) is 11.5 Å². The van der Waals surface area contributed by atoms with Gasteiger partial charge in [-0.1, -0.05) is 53.0 Å². The number of hydrogen-bond acceptors (Lipinski definition) is 5. The number of aliphatic hydroxyl groups is 1. The minimum absolute atomic E-state index is 0.130. The van der Waals surface area contributed by atoms with Gasteiger partial charge in [-0.3, -0.25) is 9.10 Å². The van der Waals surface area contributed by atoms with Crippen LogP contribution in [-0.2, 0) is 15.8 Å². The van der Waals surface area contributed by atoms with E-state index in [1.54, 1.807) is 36.4 Å². The van der Waals surface area contributed by atoms with Crippen LogP contribution in [0.3, 0.4) is 0 Å². The van der Waals surface area contributed by atoms with Gasteiger partial charge in [0.15, 0.2) is 22.5 Å². The van der Waals surface area contributed by atoms with Crippen molar-refractivity contribution in [2.75, 3.05) is 25.1 Å². The fraction of sp³-hybridized carbons (Fsp3) is 0.174. The second-order valence-electron chi connectivity index (χ2n) is 7.02. The Balaban J connectivity index is 2.18. The minimum atomic E-state index is -1.97. The lowest BCUT2D eigenvalue weighted by atomic mass is 9.99. The number of carbonyl (C=O) groups excluding carboxylic acids is 1. The van der Waals surface area contributed by atoms with Crippen molar-refractivity contribution in [1.29, 1.82) is 0 Å². The van der Waals surface area contributed by atoms with Crippen LogP contribution in [0.1, 0.15) is 17.2 Å². The number of nitrogens with two attached hydrogens (primary N) is 1. The van der Waals surface area contributed by atoms with Gasteiger partial charge in [0.1, 0.15) is 12.6 Å². The number of methoxy groups -OCH3 is 2. The van der Waals surface area contributed by atoms with Crippen LogP contribution in [0.4, 0.5) is 5.69 Å². The largest absolute Gasteiger partial charge is 0.493 e. The summed E-state index contributed by atoms with van der Waals surface area (Å²) in [6, 6.07) is 14.2. The zero-order valence-corrected chi connectivity index (χ0v) is 21.2. The second-order valence-corrected chi connectivity index (χ2v) is 9.65. The summed E-state index contributed by atoms with van der Waals surface area (Å²) >= 11 is 18.8. The van der Waals surface area contributed by atoms with E-state index < -0.39 is 29.5 Å². The molecule has 0 radical (unpaired) electrons. The molecule has 34 heavy (non-hydrogen) atoms. The Morgan fingerprint density at radius 3 is 2.24 bits per heavy atom. The number of benzene rings is 3. The van der Waals surface area contributed by atoms with E-state index in [-0.39, 0.29) is 21.3 Å². The highest BCUT2D eigenvalue weighted by Crippen LogP contribution is 2.40. The lowest BCUT2D eigenvalue weighted by Crippen LogP contribution is -2.36. The van der Waals surface area contributed by atoms with Crippen LogP contribution < -0.4 is 19.5 Å². The van der Waals surface area contributed by atoms with Crippen LogP contribution in [0.25, 0.3) is 0 Å². The Bertz CT molecular complexity index is 1240. The van der Waals surface area contributed by atoms with E-state index in [0.29, 0.717) is 27.0 Å². The molecule has 2 atom stereocenters. The molecular weight excluding hydrogens is 523 g/mol.